The Bertz CT molecular complexity index is 415. The van der Waals surface area contributed by atoms with Crippen molar-refractivity contribution in [1.29, 1.82) is 0 Å². The molecule has 0 aromatic carbocycles. The molecule has 19 heavy (non-hydrogen) atoms. The molecular weight excluding hydrogens is 304 g/mol. The van der Waals surface area contributed by atoms with Gasteiger partial charge in [0.15, 0.2) is 4.34 Å². The lowest BCUT2D eigenvalue weighted by molar-refractivity contribution is -0.120. The summed E-state index contributed by atoms with van der Waals surface area (Å²) >= 11 is 3.07. The molecule has 2 rings (SSSR count). The highest BCUT2D eigenvalue weighted by molar-refractivity contribution is 8.01. The summed E-state index contributed by atoms with van der Waals surface area (Å²) in [6, 6.07) is 0. The number of hydrogen-bond acceptors (Lipinski definition) is 6. The quantitative estimate of drug-likeness (QED) is 0.642. The molecule has 0 saturated heterocycles. The Morgan fingerprint density at radius 3 is 3.00 bits per heavy atom. The van der Waals surface area contributed by atoms with Crippen LogP contribution in [0.4, 0.5) is 5.13 Å². The average Bonchev–Trinajstić information content (AvgIpc) is 2.98. The molecule has 3 N–H and O–H groups in total. The first-order chi connectivity index (χ1) is 8.74. The molecule has 1 aromatic heterocycles. The number of thioether (sulfide) groups is 1. The van der Waals surface area contributed by atoms with Gasteiger partial charge in [-0.15, -0.1) is 22.6 Å². The normalized spacial score (nSPS) is 22.0. The number of halogens is 1. The standard InChI is InChI=1S/C11H18N4OS2.ClH/c1-2-17-11-15-14-10(18-11)13-9(16)8-5-3-4-7(8)6-12;/h7-8H,2-6,12H2,1H3,(H,13,14,16);1H/t7-,8-;/m1./s1. The van der Waals surface area contributed by atoms with Crippen molar-refractivity contribution in [3.05, 3.63) is 0 Å². The Morgan fingerprint density at radius 1 is 1.53 bits per heavy atom. The van der Waals surface area contributed by atoms with Crippen LogP contribution in [-0.2, 0) is 4.79 Å². The van der Waals surface area contributed by atoms with E-state index in [0.717, 1.165) is 29.4 Å². The smallest absolute Gasteiger partial charge is 0.229 e. The van der Waals surface area contributed by atoms with Crippen LogP contribution in [0.1, 0.15) is 26.2 Å². The summed E-state index contributed by atoms with van der Waals surface area (Å²) in [6.45, 7) is 2.65. The Kier molecular flexibility index (Phi) is 7.06. The lowest BCUT2D eigenvalue weighted by Crippen LogP contribution is -2.29. The number of rotatable bonds is 5. The maximum absolute atomic E-state index is 12.1. The van der Waals surface area contributed by atoms with Crippen LogP contribution in [0, 0.1) is 11.8 Å². The third-order valence-corrected chi connectivity index (χ3v) is 5.06. The monoisotopic (exact) mass is 322 g/mol. The number of nitrogens with two attached hydrogens (primary N) is 1. The molecule has 1 aliphatic rings. The van der Waals surface area contributed by atoms with E-state index >= 15 is 0 Å². The second-order valence-electron chi connectivity index (χ2n) is 4.33. The minimum Gasteiger partial charge on any atom is -0.330 e. The van der Waals surface area contributed by atoms with Gasteiger partial charge in [-0.25, -0.2) is 0 Å². The third kappa shape index (κ3) is 4.30. The molecule has 108 valence electrons. The van der Waals surface area contributed by atoms with Crippen molar-refractivity contribution in [3.63, 3.8) is 0 Å². The van der Waals surface area contributed by atoms with E-state index in [0.29, 0.717) is 17.6 Å². The van der Waals surface area contributed by atoms with E-state index in [-0.39, 0.29) is 24.2 Å². The summed E-state index contributed by atoms with van der Waals surface area (Å²) < 4.78 is 0.898. The lowest BCUT2D eigenvalue weighted by atomic mass is 9.95. The van der Waals surface area contributed by atoms with Crippen LogP contribution in [0.2, 0.25) is 0 Å². The molecule has 0 radical (unpaired) electrons. The zero-order valence-electron chi connectivity index (χ0n) is 10.8. The maximum atomic E-state index is 12.1. The van der Waals surface area contributed by atoms with E-state index in [1.165, 1.54) is 11.3 Å². The molecule has 0 spiro atoms. The van der Waals surface area contributed by atoms with Crippen LogP contribution >= 0.6 is 35.5 Å². The zero-order chi connectivity index (χ0) is 13.0. The largest absolute Gasteiger partial charge is 0.330 e. The molecule has 1 aliphatic carbocycles. The van der Waals surface area contributed by atoms with Gasteiger partial charge >= 0.3 is 0 Å². The van der Waals surface area contributed by atoms with Crippen LogP contribution in [-0.4, -0.2) is 28.4 Å². The van der Waals surface area contributed by atoms with Gasteiger partial charge < -0.3 is 11.1 Å². The summed E-state index contributed by atoms with van der Waals surface area (Å²) in [4.78, 5) is 12.1. The van der Waals surface area contributed by atoms with E-state index in [1.54, 1.807) is 11.8 Å². The first-order valence-electron chi connectivity index (χ1n) is 6.21. The van der Waals surface area contributed by atoms with E-state index in [2.05, 4.69) is 22.4 Å². The number of carbonyl (C=O) groups excluding carboxylic acids is 1. The maximum Gasteiger partial charge on any atom is 0.229 e. The fourth-order valence-corrected chi connectivity index (χ4v) is 3.96. The molecule has 5 nitrogen and oxygen atoms in total. The summed E-state index contributed by atoms with van der Waals surface area (Å²) in [7, 11) is 0. The highest BCUT2D eigenvalue weighted by Gasteiger charge is 2.32. The van der Waals surface area contributed by atoms with Crippen molar-refractivity contribution in [1.82, 2.24) is 10.2 Å². The number of carbonyl (C=O) groups is 1. The highest BCUT2D eigenvalue weighted by atomic mass is 35.5. The fourth-order valence-electron chi connectivity index (χ4n) is 2.30. The van der Waals surface area contributed by atoms with E-state index in [1.807, 2.05) is 0 Å². The van der Waals surface area contributed by atoms with Crippen molar-refractivity contribution in [2.45, 2.75) is 30.5 Å². The fraction of sp³-hybridized carbons (Fsp3) is 0.727. The molecular formula is C11H19ClN4OS2. The van der Waals surface area contributed by atoms with Crippen LogP contribution < -0.4 is 11.1 Å². The lowest BCUT2D eigenvalue weighted by Gasteiger charge is -2.15. The predicted molar refractivity (Wildman–Crippen MR) is 82.1 cm³/mol. The summed E-state index contributed by atoms with van der Waals surface area (Å²) in [5.41, 5.74) is 5.69. The Morgan fingerprint density at radius 2 is 2.32 bits per heavy atom. The molecule has 1 aromatic rings. The van der Waals surface area contributed by atoms with Crippen LogP contribution in [0.3, 0.4) is 0 Å². The number of aromatic nitrogens is 2. The van der Waals surface area contributed by atoms with Crippen LogP contribution in [0.5, 0.6) is 0 Å². The number of anilines is 1. The van der Waals surface area contributed by atoms with Gasteiger partial charge in [-0.1, -0.05) is 36.4 Å². The first kappa shape index (κ1) is 16.7. The third-order valence-electron chi connectivity index (χ3n) is 3.20. The zero-order valence-corrected chi connectivity index (χ0v) is 13.2. The van der Waals surface area contributed by atoms with Gasteiger partial charge in [0.25, 0.3) is 0 Å². The minimum absolute atomic E-state index is 0. The second-order valence-corrected chi connectivity index (χ2v) is 6.82. The van der Waals surface area contributed by atoms with Gasteiger partial charge in [-0.2, -0.15) is 0 Å². The highest BCUT2D eigenvalue weighted by Crippen LogP contribution is 2.32. The van der Waals surface area contributed by atoms with Gasteiger partial charge in [0.2, 0.25) is 11.0 Å². The molecule has 1 fully saturated rings. The number of amides is 1. The van der Waals surface area contributed by atoms with E-state index < -0.39 is 0 Å². The first-order valence-corrected chi connectivity index (χ1v) is 8.02. The molecule has 1 saturated carbocycles. The van der Waals surface area contributed by atoms with Gasteiger partial charge in [0.1, 0.15) is 0 Å². The van der Waals surface area contributed by atoms with Crippen molar-refractivity contribution < 1.29 is 4.79 Å². The van der Waals surface area contributed by atoms with Crippen molar-refractivity contribution >= 4 is 46.5 Å². The Balaban J connectivity index is 0.00000180. The number of nitrogens with one attached hydrogen (secondary N) is 1. The topological polar surface area (TPSA) is 80.9 Å². The molecule has 0 aliphatic heterocycles. The molecule has 2 atom stereocenters. The van der Waals surface area contributed by atoms with E-state index in [4.69, 9.17) is 5.73 Å². The van der Waals surface area contributed by atoms with Crippen LogP contribution in [0.25, 0.3) is 0 Å². The van der Waals surface area contributed by atoms with Crippen molar-refractivity contribution in [3.8, 4) is 0 Å². The van der Waals surface area contributed by atoms with E-state index in [9.17, 15) is 4.79 Å². The summed E-state index contributed by atoms with van der Waals surface area (Å²) in [6.07, 6.45) is 3.08. The average molecular weight is 323 g/mol. The van der Waals surface area contributed by atoms with Crippen molar-refractivity contribution in [2.75, 3.05) is 17.6 Å². The summed E-state index contributed by atoms with van der Waals surface area (Å²) in [5.74, 6) is 1.37. The Hall–Kier alpha value is -0.370. The molecule has 0 unspecified atom stereocenters. The summed E-state index contributed by atoms with van der Waals surface area (Å²) in [5, 5.41) is 11.5. The van der Waals surface area contributed by atoms with Crippen molar-refractivity contribution in [2.24, 2.45) is 17.6 Å². The van der Waals surface area contributed by atoms with Crippen LogP contribution in [0.15, 0.2) is 4.34 Å². The molecule has 0 bridgehead atoms. The molecule has 1 heterocycles. The molecule has 1 amide bonds. The van der Waals surface area contributed by atoms with Gasteiger partial charge in [-0.05, 0) is 31.1 Å². The SMILES string of the molecule is CCSc1nnc(NC(=O)[C@@H]2CCC[C@@H]2CN)s1.Cl. The Labute approximate surface area is 127 Å². The molecule has 8 heteroatoms. The predicted octanol–water partition coefficient (Wildman–Crippen LogP) is 2.39. The van der Waals surface area contributed by atoms with Gasteiger partial charge in [-0.3, -0.25) is 4.79 Å². The number of hydrogen-bond donors (Lipinski definition) is 2. The minimum atomic E-state index is 0. The van der Waals surface area contributed by atoms with Gasteiger partial charge in [0.05, 0.1) is 0 Å². The van der Waals surface area contributed by atoms with Gasteiger partial charge in [0, 0.05) is 5.92 Å². The number of nitrogens with zero attached hydrogens (tertiary/aromatic N) is 2. The second kappa shape index (κ2) is 8.04.